The third-order valence-corrected chi connectivity index (χ3v) is 4.20. The van der Waals surface area contributed by atoms with Crippen molar-refractivity contribution in [1.29, 1.82) is 0 Å². The Hall–Kier alpha value is -2.10. The molecule has 138 valence electrons. The van der Waals surface area contributed by atoms with E-state index in [4.69, 9.17) is 0 Å². The largest absolute Gasteiger partial charge is 0.435 e. The van der Waals surface area contributed by atoms with E-state index in [1.807, 2.05) is 20.0 Å². The summed E-state index contributed by atoms with van der Waals surface area (Å²) in [7, 11) is 1.46. The molecule has 6 nitrogen and oxygen atoms in total. The fraction of sp³-hybridized carbons (Fsp3) is 0.533. The second-order valence-corrected chi connectivity index (χ2v) is 6.73. The summed E-state index contributed by atoms with van der Waals surface area (Å²) in [5, 5.41) is 10.6. The summed E-state index contributed by atoms with van der Waals surface area (Å²) < 4.78 is 40.0. The van der Waals surface area contributed by atoms with E-state index >= 15 is 0 Å². The Morgan fingerprint density at radius 2 is 2.12 bits per heavy atom. The minimum absolute atomic E-state index is 0.0442. The van der Waals surface area contributed by atoms with Crippen LogP contribution >= 0.6 is 11.3 Å². The predicted molar refractivity (Wildman–Crippen MR) is 91.6 cm³/mol. The van der Waals surface area contributed by atoms with E-state index < -0.39 is 11.9 Å². The maximum Gasteiger partial charge on any atom is 0.435 e. The smallest absolute Gasteiger partial charge is 0.357 e. The second-order valence-electron chi connectivity index (χ2n) is 5.41. The first-order chi connectivity index (χ1) is 11.8. The zero-order chi connectivity index (χ0) is 18.4. The number of aliphatic imine (C=N–C) groups is 1. The molecule has 2 aromatic rings. The molecule has 2 N–H and O–H groups in total. The van der Waals surface area contributed by atoms with Crippen LogP contribution in [0.5, 0.6) is 0 Å². The second kappa shape index (κ2) is 8.32. The quantitative estimate of drug-likeness (QED) is 0.602. The van der Waals surface area contributed by atoms with Crippen LogP contribution in [0.3, 0.4) is 0 Å². The van der Waals surface area contributed by atoms with E-state index in [1.165, 1.54) is 13.2 Å². The summed E-state index contributed by atoms with van der Waals surface area (Å²) in [6, 6.07) is 0. The van der Waals surface area contributed by atoms with Crippen molar-refractivity contribution in [3.8, 4) is 0 Å². The van der Waals surface area contributed by atoms with E-state index in [1.54, 1.807) is 11.3 Å². The fourth-order valence-corrected chi connectivity index (χ4v) is 2.99. The molecule has 0 bridgehead atoms. The number of guanidine groups is 1. The summed E-state index contributed by atoms with van der Waals surface area (Å²) in [5.41, 5.74) is -0.851. The van der Waals surface area contributed by atoms with Gasteiger partial charge >= 0.3 is 6.18 Å². The highest BCUT2D eigenvalue weighted by atomic mass is 32.1. The molecule has 0 unspecified atom stereocenters. The standard InChI is InChI=1S/C15H21F3N6S/c1-4-19-14(20-6-5-12-21-7-10(2)25-12)22-8-11-9-24(3)23-13(11)15(16,17)18/h7,9H,4-6,8H2,1-3H3,(H2,19,20,22). The van der Waals surface area contributed by atoms with Crippen molar-refractivity contribution in [2.75, 3.05) is 13.1 Å². The average molecular weight is 374 g/mol. The zero-order valence-corrected chi connectivity index (χ0v) is 15.1. The molecule has 10 heteroatoms. The van der Waals surface area contributed by atoms with Crippen LogP contribution in [0, 0.1) is 6.92 Å². The predicted octanol–water partition coefficient (Wildman–Crippen LogP) is 2.50. The van der Waals surface area contributed by atoms with Crippen LogP contribution in [-0.4, -0.2) is 33.8 Å². The molecule has 0 saturated carbocycles. The number of hydrogen-bond donors (Lipinski definition) is 2. The molecular formula is C15H21F3N6S. The van der Waals surface area contributed by atoms with Gasteiger partial charge in [-0.05, 0) is 13.8 Å². The Bertz CT molecular complexity index is 719. The number of rotatable bonds is 6. The number of thiazole rings is 1. The van der Waals surface area contributed by atoms with Gasteiger partial charge in [-0.1, -0.05) is 0 Å². The Kier molecular flexibility index (Phi) is 6.40. The lowest BCUT2D eigenvalue weighted by Crippen LogP contribution is -2.38. The van der Waals surface area contributed by atoms with Crippen molar-refractivity contribution in [3.63, 3.8) is 0 Å². The van der Waals surface area contributed by atoms with E-state index in [0.29, 0.717) is 19.0 Å². The van der Waals surface area contributed by atoms with Gasteiger partial charge in [0.25, 0.3) is 0 Å². The van der Waals surface area contributed by atoms with Crippen LogP contribution in [0.25, 0.3) is 0 Å². The molecule has 0 amide bonds. The van der Waals surface area contributed by atoms with Gasteiger partial charge in [-0.15, -0.1) is 11.3 Å². The first-order valence-corrected chi connectivity index (χ1v) is 8.64. The molecule has 0 saturated heterocycles. The molecule has 0 atom stereocenters. The van der Waals surface area contributed by atoms with Crippen LogP contribution in [-0.2, 0) is 26.2 Å². The van der Waals surface area contributed by atoms with Crippen molar-refractivity contribution in [2.45, 2.75) is 33.0 Å². The number of halogens is 3. The lowest BCUT2D eigenvalue weighted by atomic mass is 10.2. The van der Waals surface area contributed by atoms with Crippen molar-refractivity contribution < 1.29 is 13.2 Å². The summed E-state index contributed by atoms with van der Waals surface area (Å²) in [6.45, 7) is 4.99. The van der Waals surface area contributed by atoms with Crippen molar-refractivity contribution in [1.82, 2.24) is 25.4 Å². The average Bonchev–Trinajstić information content (AvgIpc) is 3.10. The van der Waals surface area contributed by atoms with Gasteiger partial charge in [-0.2, -0.15) is 18.3 Å². The van der Waals surface area contributed by atoms with E-state index in [2.05, 4.69) is 25.7 Å². The minimum Gasteiger partial charge on any atom is -0.357 e. The monoisotopic (exact) mass is 374 g/mol. The Labute approximate surface area is 148 Å². The number of hydrogen-bond acceptors (Lipinski definition) is 4. The molecule has 0 fully saturated rings. The van der Waals surface area contributed by atoms with Crippen LogP contribution in [0.1, 0.15) is 28.1 Å². The van der Waals surface area contributed by atoms with Crippen molar-refractivity contribution in [2.24, 2.45) is 12.0 Å². The molecule has 0 aromatic carbocycles. The first kappa shape index (κ1) is 19.2. The number of nitrogens with zero attached hydrogens (tertiary/aromatic N) is 4. The molecule has 0 aliphatic rings. The molecule has 2 aromatic heterocycles. The van der Waals surface area contributed by atoms with Crippen LogP contribution in [0.4, 0.5) is 13.2 Å². The lowest BCUT2D eigenvalue weighted by molar-refractivity contribution is -0.142. The van der Waals surface area contributed by atoms with Gasteiger partial charge in [0.1, 0.15) is 0 Å². The van der Waals surface area contributed by atoms with Crippen molar-refractivity contribution in [3.05, 3.63) is 33.5 Å². The topological polar surface area (TPSA) is 67.1 Å². The Balaban J connectivity index is 1.99. The highest BCUT2D eigenvalue weighted by Crippen LogP contribution is 2.30. The summed E-state index contributed by atoms with van der Waals surface area (Å²) in [5.74, 6) is 0.466. The van der Waals surface area contributed by atoms with E-state index in [0.717, 1.165) is 21.0 Å². The summed E-state index contributed by atoms with van der Waals surface area (Å²) in [6.07, 6.45) is -0.598. The molecule has 25 heavy (non-hydrogen) atoms. The van der Waals surface area contributed by atoms with Crippen LogP contribution in [0.15, 0.2) is 17.4 Å². The van der Waals surface area contributed by atoms with Gasteiger partial charge in [0.15, 0.2) is 11.7 Å². The molecule has 0 aliphatic carbocycles. The van der Waals surface area contributed by atoms with E-state index in [-0.39, 0.29) is 12.1 Å². The number of alkyl halides is 3. The Morgan fingerprint density at radius 1 is 1.36 bits per heavy atom. The van der Waals surface area contributed by atoms with Crippen LogP contribution < -0.4 is 10.6 Å². The number of aryl methyl sites for hydroxylation is 2. The van der Waals surface area contributed by atoms with Crippen molar-refractivity contribution >= 4 is 17.3 Å². The molecule has 2 rings (SSSR count). The fourth-order valence-electron chi connectivity index (χ4n) is 2.20. The van der Waals surface area contributed by atoms with Gasteiger partial charge < -0.3 is 10.6 Å². The van der Waals surface area contributed by atoms with Gasteiger partial charge in [0, 0.05) is 49.4 Å². The third-order valence-electron chi connectivity index (χ3n) is 3.23. The molecular weight excluding hydrogens is 353 g/mol. The van der Waals surface area contributed by atoms with Crippen LogP contribution in [0.2, 0.25) is 0 Å². The summed E-state index contributed by atoms with van der Waals surface area (Å²) in [4.78, 5) is 9.65. The molecule has 2 heterocycles. The highest BCUT2D eigenvalue weighted by Gasteiger charge is 2.36. The normalized spacial score (nSPS) is 12.5. The van der Waals surface area contributed by atoms with E-state index in [9.17, 15) is 13.2 Å². The number of nitrogens with one attached hydrogen (secondary N) is 2. The third kappa shape index (κ3) is 5.73. The maximum atomic E-state index is 13.0. The lowest BCUT2D eigenvalue weighted by Gasteiger charge is -2.11. The van der Waals surface area contributed by atoms with Gasteiger partial charge in [-0.3, -0.25) is 4.68 Å². The first-order valence-electron chi connectivity index (χ1n) is 7.82. The summed E-state index contributed by atoms with van der Waals surface area (Å²) >= 11 is 1.62. The van der Waals surface area contributed by atoms with Gasteiger partial charge in [-0.25, -0.2) is 9.98 Å². The minimum atomic E-state index is -4.49. The molecule has 0 radical (unpaired) electrons. The Morgan fingerprint density at radius 3 is 2.72 bits per heavy atom. The zero-order valence-electron chi connectivity index (χ0n) is 14.3. The highest BCUT2D eigenvalue weighted by molar-refractivity contribution is 7.11. The molecule has 0 spiro atoms. The van der Waals surface area contributed by atoms with Gasteiger partial charge in [0.2, 0.25) is 0 Å². The van der Waals surface area contributed by atoms with Gasteiger partial charge in [0.05, 0.1) is 11.6 Å². The SMILES string of the molecule is CCNC(=NCc1cn(C)nc1C(F)(F)F)NCCc1ncc(C)s1. The number of aromatic nitrogens is 3. The maximum absolute atomic E-state index is 13.0. The molecule has 0 aliphatic heterocycles.